The van der Waals surface area contributed by atoms with Crippen LogP contribution < -0.4 is 0 Å². The van der Waals surface area contributed by atoms with Gasteiger partial charge in [-0.3, -0.25) is 19.0 Å². The number of aromatic nitrogens is 7. The minimum absolute atomic E-state index is 0.0359. The number of H-pyrrole nitrogens is 1. The minimum atomic E-state index is -0.0359. The van der Waals surface area contributed by atoms with E-state index < -0.39 is 0 Å². The SMILES string of the molecule is Cc1cnn([C@@H](C)c2n[nH]c(=S)n2-c2cn(C)nc2C)c1. The molecular formula is C13H17N7S. The van der Waals surface area contributed by atoms with Crippen LogP contribution >= 0.6 is 12.2 Å². The number of nitrogens with zero attached hydrogens (tertiary/aromatic N) is 6. The monoisotopic (exact) mass is 303 g/mol. The highest BCUT2D eigenvalue weighted by atomic mass is 32.1. The van der Waals surface area contributed by atoms with E-state index in [1.165, 1.54) is 0 Å². The van der Waals surface area contributed by atoms with Crippen molar-refractivity contribution >= 4 is 12.2 Å². The molecule has 0 aliphatic carbocycles. The van der Waals surface area contributed by atoms with E-state index in [1.807, 2.05) is 55.7 Å². The second kappa shape index (κ2) is 4.96. The van der Waals surface area contributed by atoms with E-state index in [2.05, 4.69) is 20.4 Å². The van der Waals surface area contributed by atoms with E-state index in [-0.39, 0.29) is 6.04 Å². The molecule has 3 aromatic heterocycles. The van der Waals surface area contributed by atoms with E-state index in [0.29, 0.717) is 4.77 Å². The van der Waals surface area contributed by atoms with Crippen molar-refractivity contribution in [2.75, 3.05) is 0 Å². The van der Waals surface area contributed by atoms with E-state index in [0.717, 1.165) is 22.8 Å². The molecule has 0 radical (unpaired) electrons. The van der Waals surface area contributed by atoms with Crippen molar-refractivity contribution in [2.45, 2.75) is 26.8 Å². The third kappa shape index (κ3) is 2.31. The summed E-state index contributed by atoms with van der Waals surface area (Å²) in [5.41, 5.74) is 2.95. The second-order valence-corrected chi connectivity index (χ2v) is 5.56. The lowest BCUT2D eigenvalue weighted by atomic mass is 10.3. The zero-order chi connectivity index (χ0) is 15.1. The molecule has 3 heterocycles. The standard InChI is InChI=1S/C13H17N7S/c1-8-5-14-19(6-8)10(3)12-15-16-13(21)20(12)11-7-18(4)17-9(11)2/h5-7,10H,1-4H3,(H,16,21)/t10-/m0/s1. The summed E-state index contributed by atoms with van der Waals surface area (Å²) in [4.78, 5) is 0. The molecule has 0 unspecified atom stereocenters. The van der Waals surface area contributed by atoms with Crippen LogP contribution in [0.15, 0.2) is 18.6 Å². The number of aromatic amines is 1. The summed E-state index contributed by atoms with van der Waals surface area (Å²) in [6.45, 7) is 6.01. The molecule has 7 nitrogen and oxygen atoms in total. The molecule has 1 atom stereocenters. The molecule has 0 aromatic carbocycles. The predicted molar refractivity (Wildman–Crippen MR) is 81.0 cm³/mol. The largest absolute Gasteiger partial charge is 0.273 e. The van der Waals surface area contributed by atoms with Gasteiger partial charge in [-0.2, -0.15) is 15.3 Å². The summed E-state index contributed by atoms with van der Waals surface area (Å²) in [6.07, 6.45) is 5.76. The maximum Gasteiger partial charge on any atom is 0.200 e. The van der Waals surface area contributed by atoms with Crippen LogP contribution in [-0.2, 0) is 7.05 Å². The quantitative estimate of drug-likeness (QED) is 0.752. The summed E-state index contributed by atoms with van der Waals surface area (Å²) in [7, 11) is 1.89. The van der Waals surface area contributed by atoms with Gasteiger partial charge in [-0.25, -0.2) is 0 Å². The minimum Gasteiger partial charge on any atom is -0.273 e. The number of nitrogens with one attached hydrogen (secondary N) is 1. The topological polar surface area (TPSA) is 69.2 Å². The number of hydrogen-bond donors (Lipinski definition) is 1. The van der Waals surface area contributed by atoms with E-state index in [9.17, 15) is 0 Å². The van der Waals surface area contributed by atoms with Gasteiger partial charge in [-0.15, -0.1) is 0 Å². The first-order valence-electron chi connectivity index (χ1n) is 6.66. The van der Waals surface area contributed by atoms with Gasteiger partial charge < -0.3 is 0 Å². The van der Waals surface area contributed by atoms with E-state index in [1.54, 1.807) is 4.68 Å². The fraction of sp³-hybridized carbons (Fsp3) is 0.385. The highest BCUT2D eigenvalue weighted by Gasteiger charge is 2.20. The summed E-state index contributed by atoms with van der Waals surface area (Å²) in [5, 5.41) is 16.0. The van der Waals surface area contributed by atoms with Crippen LogP contribution in [0.25, 0.3) is 5.69 Å². The molecule has 3 aromatic rings. The van der Waals surface area contributed by atoms with E-state index >= 15 is 0 Å². The van der Waals surface area contributed by atoms with E-state index in [4.69, 9.17) is 12.2 Å². The zero-order valence-electron chi connectivity index (χ0n) is 12.4. The van der Waals surface area contributed by atoms with Gasteiger partial charge >= 0.3 is 0 Å². The molecule has 3 rings (SSSR count). The Morgan fingerprint density at radius 1 is 1.29 bits per heavy atom. The van der Waals surface area contributed by atoms with Crippen LogP contribution in [-0.4, -0.2) is 34.3 Å². The van der Waals surface area contributed by atoms with Gasteiger partial charge in [0.25, 0.3) is 0 Å². The number of aryl methyl sites for hydroxylation is 3. The van der Waals surface area contributed by atoms with Gasteiger partial charge in [-0.05, 0) is 38.6 Å². The van der Waals surface area contributed by atoms with Crippen molar-refractivity contribution in [3.05, 3.63) is 40.4 Å². The lowest BCUT2D eigenvalue weighted by Crippen LogP contribution is -2.13. The first-order chi connectivity index (χ1) is 9.97. The van der Waals surface area contributed by atoms with Crippen LogP contribution in [0.3, 0.4) is 0 Å². The summed E-state index contributed by atoms with van der Waals surface area (Å²) in [5.74, 6) is 0.805. The Kier molecular flexibility index (Phi) is 3.25. The first kappa shape index (κ1) is 13.7. The van der Waals surface area contributed by atoms with Gasteiger partial charge in [0.15, 0.2) is 10.6 Å². The molecule has 0 saturated carbocycles. The molecule has 0 aliphatic rings. The van der Waals surface area contributed by atoms with Gasteiger partial charge in [0.05, 0.1) is 17.6 Å². The smallest absolute Gasteiger partial charge is 0.200 e. The molecule has 0 saturated heterocycles. The maximum atomic E-state index is 5.38. The second-order valence-electron chi connectivity index (χ2n) is 5.17. The molecule has 0 aliphatic heterocycles. The van der Waals surface area contributed by atoms with Crippen LogP contribution in [0, 0.1) is 18.6 Å². The molecule has 0 bridgehead atoms. The highest BCUT2D eigenvalue weighted by Crippen LogP contribution is 2.21. The molecule has 0 amide bonds. The fourth-order valence-corrected chi connectivity index (χ4v) is 2.63. The van der Waals surface area contributed by atoms with Crippen molar-refractivity contribution in [1.29, 1.82) is 0 Å². The molecule has 8 heteroatoms. The molecule has 110 valence electrons. The lowest BCUT2D eigenvalue weighted by molar-refractivity contribution is 0.527. The van der Waals surface area contributed by atoms with Crippen molar-refractivity contribution < 1.29 is 0 Å². The Bertz CT molecular complexity index is 835. The predicted octanol–water partition coefficient (Wildman–Crippen LogP) is 2.09. The van der Waals surface area contributed by atoms with Crippen LogP contribution in [0.1, 0.15) is 30.0 Å². The summed E-state index contributed by atoms with van der Waals surface area (Å²) >= 11 is 5.38. The Morgan fingerprint density at radius 2 is 2.05 bits per heavy atom. The zero-order valence-corrected chi connectivity index (χ0v) is 13.2. The normalized spacial score (nSPS) is 12.8. The Balaban J connectivity index is 2.13. The third-order valence-electron chi connectivity index (χ3n) is 3.43. The van der Waals surface area contributed by atoms with Crippen molar-refractivity contribution in [3.63, 3.8) is 0 Å². The number of rotatable bonds is 3. The Morgan fingerprint density at radius 3 is 2.62 bits per heavy atom. The first-order valence-corrected chi connectivity index (χ1v) is 7.07. The summed E-state index contributed by atoms with van der Waals surface area (Å²) in [6, 6.07) is -0.0359. The Labute approximate surface area is 127 Å². The fourth-order valence-electron chi connectivity index (χ4n) is 2.39. The molecule has 0 fully saturated rings. The molecule has 21 heavy (non-hydrogen) atoms. The number of hydrogen-bond acceptors (Lipinski definition) is 4. The van der Waals surface area contributed by atoms with Crippen molar-refractivity contribution in [3.8, 4) is 5.69 Å². The van der Waals surface area contributed by atoms with Crippen LogP contribution in [0.2, 0.25) is 0 Å². The van der Waals surface area contributed by atoms with Gasteiger partial charge in [0.1, 0.15) is 6.04 Å². The van der Waals surface area contributed by atoms with Gasteiger partial charge in [0, 0.05) is 19.4 Å². The lowest BCUT2D eigenvalue weighted by Gasteiger charge is -2.13. The van der Waals surface area contributed by atoms with Gasteiger partial charge in [0.2, 0.25) is 0 Å². The molecule has 1 N–H and O–H groups in total. The average molecular weight is 303 g/mol. The molecule has 0 spiro atoms. The third-order valence-corrected chi connectivity index (χ3v) is 3.70. The summed E-state index contributed by atoms with van der Waals surface area (Å²) < 4.78 is 6.12. The molecular weight excluding hydrogens is 286 g/mol. The average Bonchev–Trinajstić information content (AvgIpc) is 3.09. The van der Waals surface area contributed by atoms with Gasteiger partial charge in [-0.1, -0.05) is 0 Å². The van der Waals surface area contributed by atoms with Crippen LogP contribution in [0.5, 0.6) is 0 Å². The highest BCUT2D eigenvalue weighted by molar-refractivity contribution is 7.71. The Hall–Kier alpha value is -2.22. The van der Waals surface area contributed by atoms with Crippen molar-refractivity contribution in [1.82, 2.24) is 34.3 Å². The van der Waals surface area contributed by atoms with Crippen LogP contribution in [0.4, 0.5) is 0 Å². The maximum absolute atomic E-state index is 5.38. The van der Waals surface area contributed by atoms with Crippen molar-refractivity contribution in [2.24, 2.45) is 7.05 Å².